The molecule has 0 spiro atoms. The van der Waals surface area contributed by atoms with Crippen molar-refractivity contribution in [2.75, 3.05) is 0 Å². The molecule has 0 heterocycles. The number of benzene rings is 1. The van der Waals surface area contributed by atoms with Gasteiger partial charge >= 0.3 is 11.9 Å². The van der Waals surface area contributed by atoms with Crippen LogP contribution in [0.4, 0.5) is 5.69 Å². The molecular formula is C11H13NO6. The van der Waals surface area contributed by atoms with Crippen molar-refractivity contribution < 1.29 is 24.7 Å². The summed E-state index contributed by atoms with van der Waals surface area (Å²) in [6.07, 6.45) is 1.02. The highest BCUT2D eigenvalue weighted by Gasteiger charge is 2.06. The number of nitrogens with zero attached hydrogens (tertiary/aromatic N) is 1. The Morgan fingerprint density at radius 2 is 1.72 bits per heavy atom. The lowest BCUT2D eigenvalue weighted by atomic mass is 10.2. The van der Waals surface area contributed by atoms with Gasteiger partial charge in [0.05, 0.1) is 10.5 Å². The number of carboxylic acid groups (broad SMARTS) is 2. The predicted molar refractivity (Wildman–Crippen MR) is 62.6 cm³/mol. The van der Waals surface area contributed by atoms with E-state index in [4.69, 9.17) is 10.2 Å². The van der Waals surface area contributed by atoms with Crippen LogP contribution in [0, 0.1) is 10.1 Å². The molecule has 98 valence electrons. The monoisotopic (exact) mass is 255 g/mol. The average Bonchev–Trinajstić information content (AvgIpc) is 2.29. The Morgan fingerprint density at radius 1 is 1.22 bits per heavy atom. The van der Waals surface area contributed by atoms with Gasteiger partial charge in [-0.1, -0.05) is 6.92 Å². The van der Waals surface area contributed by atoms with Gasteiger partial charge in [0.1, 0.15) is 0 Å². The minimum atomic E-state index is -1.09. The van der Waals surface area contributed by atoms with Gasteiger partial charge in [0.15, 0.2) is 0 Å². The largest absolute Gasteiger partial charge is 0.481 e. The summed E-state index contributed by atoms with van der Waals surface area (Å²) in [6, 6.07) is 4.70. The third-order valence-electron chi connectivity index (χ3n) is 1.79. The van der Waals surface area contributed by atoms with Crippen molar-refractivity contribution in [2.45, 2.75) is 19.8 Å². The van der Waals surface area contributed by atoms with Gasteiger partial charge in [-0.15, -0.1) is 0 Å². The zero-order chi connectivity index (χ0) is 14.1. The van der Waals surface area contributed by atoms with E-state index < -0.39 is 16.9 Å². The fourth-order valence-corrected chi connectivity index (χ4v) is 0.940. The minimum absolute atomic E-state index is 0.0422. The van der Waals surface area contributed by atoms with Crippen LogP contribution in [0.2, 0.25) is 0 Å². The van der Waals surface area contributed by atoms with Crippen LogP contribution in [-0.2, 0) is 4.79 Å². The quantitative estimate of drug-likeness (QED) is 0.628. The van der Waals surface area contributed by atoms with Crippen LogP contribution in [0.5, 0.6) is 0 Å². The number of hydrogen-bond donors (Lipinski definition) is 2. The minimum Gasteiger partial charge on any atom is -0.481 e. The summed E-state index contributed by atoms with van der Waals surface area (Å²) in [5.74, 6) is -1.80. The number of nitro groups is 1. The average molecular weight is 255 g/mol. The topological polar surface area (TPSA) is 118 Å². The number of carbonyl (C=O) groups is 2. The fraction of sp³-hybridized carbons (Fsp3) is 0.273. The zero-order valence-corrected chi connectivity index (χ0v) is 9.70. The molecule has 0 aliphatic rings. The van der Waals surface area contributed by atoms with Crippen molar-refractivity contribution in [3.05, 3.63) is 39.9 Å². The van der Waals surface area contributed by atoms with Crippen molar-refractivity contribution in [3.8, 4) is 0 Å². The predicted octanol–water partition coefficient (Wildman–Crippen LogP) is 2.16. The molecule has 7 nitrogen and oxygen atoms in total. The Bertz CT molecular complexity index is 393. The number of nitro benzene ring substituents is 1. The van der Waals surface area contributed by atoms with Gasteiger partial charge in [-0.2, -0.15) is 0 Å². The van der Waals surface area contributed by atoms with E-state index in [0.717, 1.165) is 18.6 Å². The number of rotatable bonds is 4. The van der Waals surface area contributed by atoms with E-state index in [9.17, 15) is 19.7 Å². The number of aliphatic carboxylic acids is 1. The first-order valence-corrected chi connectivity index (χ1v) is 5.08. The van der Waals surface area contributed by atoms with E-state index in [1.165, 1.54) is 12.1 Å². The third kappa shape index (κ3) is 6.21. The lowest BCUT2D eigenvalue weighted by Gasteiger charge is -1.92. The first kappa shape index (κ1) is 15.6. The summed E-state index contributed by atoms with van der Waals surface area (Å²) >= 11 is 0. The van der Waals surface area contributed by atoms with Crippen LogP contribution in [-0.4, -0.2) is 27.1 Å². The Labute approximate surface area is 103 Å². The van der Waals surface area contributed by atoms with E-state index in [0.29, 0.717) is 6.42 Å². The molecular weight excluding hydrogens is 242 g/mol. The van der Waals surface area contributed by atoms with Gasteiger partial charge < -0.3 is 10.2 Å². The van der Waals surface area contributed by atoms with Crippen LogP contribution in [0.1, 0.15) is 30.1 Å². The zero-order valence-electron chi connectivity index (χ0n) is 9.70. The molecule has 1 aromatic rings. The van der Waals surface area contributed by atoms with Crippen molar-refractivity contribution in [3.63, 3.8) is 0 Å². The molecule has 0 amide bonds. The molecule has 0 aliphatic heterocycles. The molecule has 0 saturated carbocycles. The molecule has 0 bridgehead atoms. The first-order chi connectivity index (χ1) is 8.38. The van der Waals surface area contributed by atoms with Crippen LogP contribution in [0.15, 0.2) is 24.3 Å². The summed E-state index contributed by atoms with van der Waals surface area (Å²) in [5, 5.41) is 26.5. The third-order valence-corrected chi connectivity index (χ3v) is 1.79. The Hall–Kier alpha value is -2.44. The van der Waals surface area contributed by atoms with Gasteiger partial charge in [0, 0.05) is 18.6 Å². The maximum absolute atomic E-state index is 10.3. The first-order valence-electron chi connectivity index (χ1n) is 5.08. The second kappa shape index (κ2) is 7.77. The molecule has 0 unspecified atom stereocenters. The van der Waals surface area contributed by atoms with E-state index >= 15 is 0 Å². The molecule has 1 rings (SSSR count). The highest BCUT2D eigenvalue weighted by molar-refractivity contribution is 5.87. The van der Waals surface area contributed by atoms with Crippen molar-refractivity contribution in [1.29, 1.82) is 0 Å². The SMILES string of the molecule is CCCC(=O)O.O=C(O)c1ccc([N+](=O)[O-])cc1. The molecule has 0 saturated heterocycles. The van der Waals surface area contributed by atoms with Crippen molar-refractivity contribution >= 4 is 17.6 Å². The number of aromatic carboxylic acids is 1. The highest BCUT2D eigenvalue weighted by Crippen LogP contribution is 2.11. The molecule has 0 fully saturated rings. The van der Waals surface area contributed by atoms with Crippen molar-refractivity contribution in [1.82, 2.24) is 0 Å². The Kier molecular flexibility index (Phi) is 6.72. The van der Waals surface area contributed by atoms with Crippen molar-refractivity contribution in [2.24, 2.45) is 0 Å². The summed E-state index contributed by atoms with van der Waals surface area (Å²) in [4.78, 5) is 29.5. The summed E-state index contributed by atoms with van der Waals surface area (Å²) in [5.41, 5.74) is -0.0689. The van der Waals surface area contributed by atoms with Gasteiger partial charge in [0.25, 0.3) is 5.69 Å². The summed E-state index contributed by atoms with van der Waals surface area (Å²) in [7, 11) is 0. The van der Waals surface area contributed by atoms with E-state index in [2.05, 4.69) is 0 Å². The number of hydrogen-bond acceptors (Lipinski definition) is 4. The van der Waals surface area contributed by atoms with Gasteiger partial charge in [-0.05, 0) is 18.6 Å². The molecule has 0 aliphatic carbocycles. The second-order valence-corrected chi connectivity index (χ2v) is 3.25. The second-order valence-electron chi connectivity index (χ2n) is 3.25. The van der Waals surface area contributed by atoms with Crippen LogP contribution >= 0.6 is 0 Å². The molecule has 0 radical (unpaired) electrons. The van der Waals surface area contributed by atoms with Crippen LogP contribution < -0.4 is 0 Å². The summed E-state index contributed by atoms with van der Waals surface area (Å²) < 4.78 is 0. The molecule has 2 N–H and O–H groups in total. The standard InChI is InChI=1S/C7H5NO4.C4H8O2/c9-7(10)5-1-3-6(4-2-5)8(11)12;1-2-3-4(5)6/h1-4H,(H,9,10);2-3H2,1H3,(H,5,6). The number of carboxylic acids is 2. The van der Waals surface area contributed by atoms with E-state index in [1.54, 1.807) is 0 Å². The lowest BCUT2D eigenvalue weighted by Crippen LogP contribution is -1.96. The smallest absolute Gasteiger partial charge is 0.335 e. The van der Waals surface area contributed by atoms with Gasteiger partial charge in [0.2, 0.25) is 0 Å². The van der Waals surface area contributed by atoms with E-state index in [-0.39, 0.29) is 11.3 Å². The molecule has 0 aromatic heterocycles. The lowest BCUT2D eigenvalue weighted by molar-refractivity contribution is -0.384. The highest BCUT2D eigenvalue weighted by atomic mass is 16.6. The fourth-order valence-electron chi connectivity index (χ4n) is 0.940. The molecule has 1 aromatic carbocycles. The molecule has 0 atom stereocenters. The Morgan fingerprint density at radius 3 is 1.94 bits per heavy atom. The van der Waals surface area contributed by atoms with Crippen LogP contribution in [0.3, 0.4) is 0 Å². The molecule has 18 heavy (non-hydrogen) atoms. The normalized spacial score (nSPS) is 8.94. The van der Waals surface area contributed by atoms with E-state index in [1.807, 2.05) is 6.92 Å². The maximum atomic E-state index is 10.3. The van der Waals surface area contributed by atoms with Gasteiger partial charge in [-0.25, -0.2) is 4.79 Å². The maximum Gasteiger partial charge on any atom is 0.335 e. The van der Waals surface area contributed by atoms with Crippen LogP contribution in [0.25, 0.3) is 0 Å². The Balaban J connectivity index is 0.000000411. The summed E-state index contributed by atoms with van der Waals surface area (Å²) in [6.45, 7) is 1.84. The number of non-ortho nitro benzene ring substituents is 1. The van der Waals surface area contributed by atoms with Gasteiger partial charge in [-0.3, -0.25) is 14.9 Å². The molecule has 7 heteroatoms.